The van der Waals surface area contributed by atoms with Gasteiger partial charge in [0, 0.05) is 19.0 Å². The summed E-state index contributed by atoms with van der Waals surface area (Å²) in [5, 5.41) is 9.58. The highest BCUT2D eigenvalue weighted by Crippen LogP contribution is 2.34. The van der Waals surface area contributed by atoms with E-state index in [0.29, 0.717) is 6.54 Å². The van der Waals surface area contributed by atoms with Crippen LogP contribution < -0.4 is 0 Å². The predicted octanol–water partition coefficient (Wildman–Crippen LogP) is 3.72. The van der Waals surface area contributed by atoms with Gasteiger partial charge in [0.05, 0.1) is 21.9 Å². The molecule has 5 nitrogen and oxygen atoms in total. The molecule has 0 saturated carbocycles. The summed E-state index contributed by atoms with van der Waals surface area (Å²) in [6.07, 6.45) is 0. The number of benzene rings is 2. The van der Waals surface area contributed by atoms with Crippen LogP contribution in [0.2, 0.25) is 0 Å². The van der Waals surface area contributed by atoms with E-state index in [9.17, 15) is 14.7 Å². The van der Waals surface area contributed by atoms with Crippen LogP contribution in [0.25, 0.3) is 10.2 Å². The molecular formula is C20H18N2O3S2. The van der Waals surface area contributed by atoms with Crippen LogP contribution in [0, 0.1) is 5.92 Å². The lowest BCUT2D eigenvalue weighted by Gasteiger charge is -2.16. The molecule has 0 spiro atoms. The first-order valence-electron chi connectivity index (χ1n) is 8.65. The standard InChI is InChI=1S/C20H18N2O3S2/c23-18(12-26-20-21-16-8-4-5-9-17(16)27-20)22-10-14(15(11-22)19(24)25)13-6-2-1-3-7-13/h1-9,14-15H,10-12H2,(H,24,25). The van der Waals surface area contributed by atoms with E-state index in [2.05, 4.69) is 4.98 Å². The van der Waals surface area contributed by atoms with E-state index in [4.69, 9.17) is 0 Å². The van der Waals surface area contributed by atoms with Crippen LogP contribution in [-0.2, 0) is 9.59 Å². The highest BCUT2D eigenvalue weighted by Gasteiger charge is 2.40. The summed E-state index contributed by atoms with van der Waals surface area (Å²) in [5.41, 5.74) is 1.91. The first-order valence-corrected chi connectivity index (χ1v) is 10.5. The van der Waals surface area contributed by atoms with Gasteiger partial charge in [0.25, 0.3) is 0 Å². The Labute approximate surface area is 165 Å². The summed E-state index contributed by atoms with van der Waals surface area (Å²) in [4.78, 5) is 30.6. The Morgan fingerprint density at radius 2 is 1.85 bits per heavy atom. The number of aliphatic carboxylic acids is 1. The van der Waals surface area contributed by atoms with Crippen LogP contribution in [-0.4, -0.2) is 45.7 Å². The van der Waals surface area contributed by atoms with Crippen molar-refractivity contribution in [2.75, 3.05) is 18.8 Å². The molecule has 1 aliphatic rings. The number of para-hydroxylation sites is 1. The number of carboxylic acids is 1. The van der Waals surface area contributed by atoms with Crippen molar-refractivity contribution in [1.29, 1.82) is 0 Å². The molecule has 1 amide bonds. The molecule has 2 heterocycles. The Kier molecular flexibility index (Phi) is 5.13. The Bertz CT molecular complexity index is 941. The summed E-state index contributed by atoms with van der Waals surface area (Å²) < 4.78 is 1.96. The van der Waals surface area contributed by atoms with Gasteiger partial charge < -0.3 is 10.0 Å². The molecule has 0 aliphatic carbocycles. The minimum Gasteiger partial charge on any atom is -0.481 e. The molecule has 1 aromatic heterocycles. The molecule has 1 aliphatic heterocycles. The Morgan fingerprint density at radius 1 is 1.11 bits per heavy atom. The fourth-order valence-electron chi connectivity index (χ4n) is 3.42. The van der Waals surface area contributed by atoms with E-state index in [1.165, 1.54) is 11.8 Å². The first kappa shape index (κ1) is 18.0. The molecular weight excluding hydrogens is 380 g/mol. The molecule has 1 N–H and O–H groups in total. The van der Waals surface area contributed by atoms with E-state index in [1.54, 1.807) is 16.2 Å². The molecule has 2 unspecified atom stereocenters. The van der Waals surface area contributed by atoms with E-state index < -0.39 is 11.9 Å². The van der Waals surface area contributed by atoms with Gasteiger partial charge in [0.15, 0.2) is 4.34 Å². The van der Waals surface area contributed by atoms with Crippen LogP contribution >= 0.6 is 23.1 Å². The number of hydrogen-bond donors (Lipinski definition) is 1. The van der Waals surface area contributed by atoms with Gasteiger partial charge in [-0.05, 0) is 17.7 Å². The summed E-state index contributed by atoms with van der Waals surface area (Å²) >= 11 is 2.99. The van der Waals surface area contributed by atoms with Crippen LogP contribution in [0.3, 0.4) is 0 Å². The molecule has 0 radical (unpaired) electrons. The van der Waals surface area contributed by atoms with Crippen LogP contribution in [0.1, 0.15) is 11.5 Å². The number of nitrogens with zero attached hydrogens (tertiary/aromatic N) is 2. The van der Waals surface area contributed by atoms with Crippen molar-refractivity contribution < 1.29 is 14.7 Å². The number of carbonyl (C=O) groups is 2. The number of amides is 1. The van der Waals surface area contributed by atoms with Crippen LogP contribution in [0.4, 0.5) is 0 Å². The molecule has 0 bridgehead atoms. The topological polar surface area (TPSA) is 70.5 Å². The second kappa shape index (κ2) is 7.70. The zero-order valence-corrected chi connectivity index (χ0v) is 16.1. The highest BCUT2D eigenvalue weighted by atomic mass is 32.2. The normalized spacial score (nSPS) is 19.5. The summed E-state index contributed by atoms with van der Waals surface area (Å²) in [7, 11) is 0. The minimum absolute atomic E-state index is 0.0380. The van der Waals surface area contributed by atoms with Crippen molar-refractivity contribution >= 4 is 45.2 Å². The molecule has 2 atom stereocenters. The third-order valence-corrected chi connectivity index (χ3v) is 6.97. The fourth-order valence-corrected chi connectivity index (χ4v) is 5.39. The van der Waals surface area contributed by atoms with E-state index >= 15 is 0 Å². The van der Waals surface area contributed by atoms with E-state index in [0.717, 1.165) is 20.1 Å². The zero-order valence-electron chi connectivity index (χ0n) is 14.4. The van der Waals surface area contributed by atoms with Crippen LogP contribution in [0.15, 0.2) is 58.9 Å². The molecule has 1 fully saturated rings. The smallest absolute Gasteiger partial charge is 0.308 e. The van der Waals surface area contributed by atoms with Crippen molar-refractivity contribution in [2.24, 2.45) is 5.92 Å². The van der Waals surface area contributed by atoms with Gasteiger partial charge in [-0.15, -0.1) is 11.3 Å². The number of thiazole rings is 1. The lowest BCUT2D eigenvalue weighted by atomic mass is 9.89. The number of rotatable bonds is 5. The van der Waals surface area contributed by atoms with Gasteiger partial charge in [0.1, 0.15) is 0 Å². The van der Waals surface area contributed by atoms with Gasteiger partial charge in [-0.3, -0.25) is 9.59 Å². The molecule has 3 aromatic rings. The minimum atomic E-state index is -0.849. The zero-order chi connectivity index (χ0) is 18.8. The number of thioether (sulfide) groups is 1. The maximum Gasteiger partial charge on any atom is 0.308 e. The average molecular weight is 399 g/mol. The number of aromatic nitrogens is 1. The Morgan fingerprint density at radius 3 is 2.59 bits per heavy atom. The molecule has 7 heteroatoms. The third-order valence-electron chi connectivity index (χ3n) is 4.81. The number of carbonyl (C=O) groups excluding carboxylic acids is 1. The Hall–Kier alpha value is -2.38. The summed E-state index contributed by atoms with van der Waals surface area (Å²) in [6, 6.07) is 17.5. The molecule has 27 heavy (non-hydrogen) atoms. The van der Waals surface area contributed by atoms with Crippen molar-refractivity contribution in [2.45, 2.75) is 10.3 Å². The average Bonchev–Trinajstić information content (AvgIpc) is 3.31. The largest absolute Gasteiger partial charge is 0.481 e. The van der Waals surface area contributed by atoms with Gasteiger partial charge in [-0.2, -0.15) is 0 Å². The summed E-state index contributed by atoms with van der Waals surface area (Å²) in [5.74, 6) is -1.35. The van der Waals surface area contributed by atoms with Crippen molar-refractivity contribution in [3.05, 3.63) is 60.2 Å². The number of carboxylic acid groups (broad SMARTS) is 1. The quantitative estimate of drug-likeness (QED) is 0.664. The van der Waals surface area contributed by atoms with Crippen LogP contribution in [0.5, 0.6) is 0 Å². The van der Waals surface area contributed by atoms with Gasteiger partial charge in [-0.25, -0.2) is 4.98 Å². The lowest BCUT2D eigenvalue weighted by molar-refractivity contribution is -0.141. The van der Waals surface area contributed by atoms with Crippen molar-refractivity contribution in [3.63, 3.8) is 0 Å². The fraction of sp³-hybridized carbons (Fsp3) is 0.250. The monoisotopic (exact) mass is 398 g/mol. The Balaban J connectivity index is 1.43. The van der Waals surface area contributed by atoms with Gasteiger partial charge in [-0.1, -0.05) is 54.2 Å². The van der Waals surface area contributed by atoms with E-state index in [1.807, 2.05) is 54.6 Å². The molecule has 138 valence electrons. The molecule has 4 rings (SSSR count). The number of hydrogen-bond acceptors (Lipinski definition) is 5. The number of likely N-dealkylation sites (tertiary alicyclic amines) is 1. The van der Waals surface area contributed by atoms with Gasteiger partial charge >= 0.3 is 5.97 Å². The van der Waals surface area contributed by atoms with Gasteiger partial charge in [0.2, 0.25) is 5.91 Å². The second-order valence-electron chi connectivity index (χ2n) is 6.50. The highest BCUT2D eigenvalue weighted by molar-refractivity contribution is 8.01. The van der Waals surface area contributed by atoms with Crippen molar-refractivity contribution in [3.8, 4) is 0 Å². The molecule has 1 saturated heterocycles. The molecule has 2 aromatic carbocycles. The summed E-state index contributed by atoms with van der Waals surface area (Å²) in [6.45, 7) is 0.703. The number of fused-ring (bicyclic) bond motifs is 1. The third kappa shape index (κ3) is 3.84. The maximum absolute atomic E-state index is 12.7. The maximum atomic E-state index is 12.7. The SMILES string of the molecule is O=C(O)C1CN(C(=O)CSc2nc3ccccc3s2)CC1c1ccccc1. The predicted molar refractivity (Wildman–Crippen MR) is 107 cm³/mol. The first-order chi connectivity index (χ1) is 13.1. The lowest BCUT2D eigenvalue weighted by Crippen LogP contribution is -2.31. The van der Waals surface area contributed by atoms with Crippen molar-refractivity contribution in [1.82, 2.24) is 9.88 Å². The second-order valence-corrected chi connectivity index (χ2v) is 8.75. The van der Waals surface area contributed by atoms with E-state index in [-0.39, 0.29) is 24.1 Å².